The molecule has 0 bridgehead atoms. The highest BCUT2D eigenvalue weighted by molar-refractivity contribution is 6.13. The number of hydrogen-bond donors (Lipinski definition) is 1. The van der Waals surface area contributed by atoms with Crippen molar-refractivity contribution in [2.75, 3.05) is 0 Å². The zero-order valence-electron chi connectivity index (χ0n) is 20.6. The largest absolute Gasteiger partial charge is 0.321 e. The molecule has 0 radical (unpaired) electrons. The highest BCUT2D eigenvalue weighted by Crippen LogP contribution is 2.38. The average molecular weight is 488 g/mol. The molecule has 3 aromatic carbocycles. The van der Waals surface area contributed by atoms with Gasteiger partial charge in [-0.25, -0.2) is 5.01 Å². The van der Waals surface area contributed by atoms with Crippen molar-refractivity contribution in [3.05, 3.63) is 106 Å². The van der Waals surface area contributed by atoms with Crippen molar-refractivity contribution >= 4 is 33.6 Å². The van der Waals surface area contributed by atoms with Crippen LogP contribution in [0.15, 0.2) is 89.0 Å². The van der Waals surface area contributed by atoms with Crippen LogP contribution < -0.4 is 5.56 Å². The molecule has 1 aliphatic rings. The molecule has 0 spiro atoms. The van der Waals surface area contributed by atoms with Crippen LogP contribution >= 0.6 is 0 Å². The van der Waals surface area contributed by atoms with Gasteiger partial charge in [0, 0.05) is 47.3 Å². The van der Waals surface area contributed by atoms with Crippen molar-refractivity contribution < 1.29 is 4.79 Å². The molecular formula is C30H25N5O2. The maximum absolute atomic E-state index is 13.6. The maximum atomic E-state index is 13.6. The number of fused-ring (bicyclic) bond motifs is 2. The van der Waals surface area contributed by atoms with Gasteiger partial charge in [0.1, 0.15) is 0 Å². The third-order valence-corrected chi connectivity index (χ3v) is 6.88. The van der Waals surface area contributed by atoms with Crippen LogP contribution in [0.1, 0.15) is 42.5 Å². The van der Waals surface area contributed by atoms with Crippen LogP contribution in [0.25, 0.3) is 33.1 Å². The summed E-state index contributed by atoms with van der Waals surface area (Å²) in [5.41, 5.74) is 6.79. The minimum absolute atomic E-state index is 0.116. The molecule has 0 fully saturated rings. The van der Waals surface area contributed by atoms with Crippen molar-refractivity contribution in [3.63, 3.8) is 0 Å². The molecule has 0 aliphatic carbocycles. The summed E-state index contributed by atoms with van der Waals surface area (Å²) in [7, 11) is 0. The number of hydrogen-bond acceptors (Lipinski definition) is 5. The summed E-state index contributed by atoms with van der Waals surface area (Å²) in [5.74, 6) is -0.116. The van der Waals surface area contributed by atoms with Gasteiger partial charge in [-0.2, -0.15) is 5.10 Å². The zero-order chi connectivity index (χ0) is 25.5. The third-order valence-electron chi connectivity index (χ3n) is 6.88. The minimum Gasteiger partial charge on any atom is -0.321 e. The van der Waals surface area contributed by atoms with Crippen molar-refractivity contribution in [1.82, 2.24) is 20.0 Å². The number of aromatic nitrogens is 3. The summed E-state index contributed by atoms with van der Waals surface area (Å²) < 4.78 is 0. The number of carbonyl (C=O) groups is 1. The van der Waals surface area contributed by atoms with E-state index in [9.17, 15) is 9.59 Å². The van der Waals surface area contributed by atoms with E-state index < -0.39 is 0 Å². The summed E-state index contributed by atoms with van der Waals surface area (Å²) in [6, 6.07) is 21.3. The van der Waals surface area contributed by atoms with E-state index in [2.05, 4.69) is 21.0 Å². The molecule has 7 nitrogen and oxygen atoms in total. The van der Waals surface area contributed by atoms with Crippen LogP contribution in [0.4, 0.5) is 0 Å². The molecule has 1 amide bonds. The zero-order valence-corrected chi connectivity index (χ0v) is 20.6. The molecule has 1 unspecified atom stereocenters. The molecule has 5 aromatic rings. The van der Waals surface area contributed by atoms with E-state index in [1.807, 2.05) is 74.5 Å². The number of benzene rings is 3. The monoisotopic (exact) mass is 487 g/mol. The smallest absolute Gasteiger partial charge is 0.258 e. The molecule has 2 aromatic heterocycles. The second kappa shape index (κ2) is 9.09. The van der Waals surface area contributed by atoms with Crippen molar-refractivity contribution in [2.24, 2.45) is 5.10 Å². The van der Waals surface area contributed by atoms with Crippen molar-refractivity contribution in [3.8, 4) is 11.1 Å². The first-order chi connectivity index (χ1) is 18.0. The summed E-state index contributed by atoms with van der Waals surface area (Å²) in [6.07, 6.45) is 3.99. The van der Waals surface area contributed by atoms with E-state index in [1.54, 1.807) is 12.4 Å². The second-order valence-corrected chi connectivity index (χ2v) is 9.25. The van der Waals surface area contributed by atoms with Gasteiger partial charge in [0.15, 0.2) is 0 Å². The minimum atomic E-state index is -0.390. The Kier molecular flexibility index (Phi) is 5.60. The Hall–Kier alpha value is -4.65. The van der Waals surface area contributed by atoms with Crippen LogP contribution in [0.5, 0.6) is 0 Å². The molecule has 1 atom stereocenters. The van der Waals surface area contributed by atoms with Gasteiger partial charge in [-0.15, -0.1) is 0 Å². The highest BCUT2D eigenvalue weighted by Gasteiger charge is 2.36. The average Bonchev–Trinajstić information content (AvgIpc) is 3.37. The van der Waals surface area contributed by atoms with Gasteiger partial charge >= 0.3 is 0 Å². The number of pyridine rings is 1. The standard InChI is InChI=1S/C30H25N5O2/c1-3-26(36)35-25(20-10-7-11-23-29(20)32-15-14-31-23)17-24(34-35)28-27(19-8-5-4-6-9-19)21-16-18(2)12-13-22(21)33-30(28)37/h4-16,25H,3,17H2,1-2H3,(H,33,37). The highest BCUT2D eigenvalue weighted by atomic mass is 16.2. The lowest BCUT2D eigenvalue weighted by Crippen LogP contribution is -2.26. The van der Waals surface area contributed by atoms with Gasteiger partial charge in [0.2, 0.25) is 5.91 Å². The Bertz CT molecular complexity index is 1750. The lowest BCUT2D eigenvalue weighted by Gasteiger charge is -2.22. The Morgan fingerprint density at radius 2 is 1.81 bits per heavy atom. The number of hydrazone groups is 1. The predicted octanol–water partition coefficient (Wildman–Crippen LogP) is 5.53. The number of amides is 1. The van der Waals surface area contributed by atoms with E-state index >= 15 is 0 Å². The van der Waals surface area contributed by atoms with E-state index in [1.165, 1.54) is 5.01 Å². The molecule has 7 heteroatoms. The fourth-order valence-electron chi connectivity index (χ4n) is 5.17. The fourth-order valence-corrected chi connectivity index (χ4v) is 5.17. The fraction of sp³-hybridized carbons (Fsp3) is 0.167. The number of aromatic amines is 1. The maximum Gasteiger partial charge on any atom is 0.258 e. The van der Waals surface area contributed by atoms with Crippen molar-refractivity contribution in [2.45, 2.75) is 32.7 Å². The summed E-state index contributed by atoms with van der Waals surface area (Å²) in [4.78, 5) is 38.8. The Labute approximate surface area is 213 Å². The number of nitrogens with one attached hydrogen (secondary N) is 1. The van der Waals surface area contributed by atoms with Gasteiger partial charge in [0.05, 0.1) is 28.4 Å². The molecule has 0 saturated heterocycles. The van der Waals surface area contributed by atoms with Crippen LogP contribution in [-0.4, -0.2) is 31.6 Å². The predicted molar refractivity (Wildman–Crippen MR) is 145 cm³/mol. The molecule has 1 aliphatic heterocycles. The van der Waals surface area contributed by atoms with Crippen LogP contribution in [0.3, 0.4) is 0 Å². The Morgan fingerprint density at radius 3 is 2.62 bits per heavy atom. The SMILES string of the molecule is CCC(=O)N1N=C(c2c(-c3ccccc3)c3cc(C)ccc3[nH]c2=O)CC1c1cccc2nccnc12. The topological polar surface area (TPSA) is 91.3 Å². The number of aryl methyl sites for hydroxylation is 1. The first kappa shape index (κ1) is 22.8. The van der Waals surface area contributed by atoms with Crippen LogP contribution in [-0.2, 0) is 4.79 Å². The van der Waals surface area contributed by atoms with E-state index in [-0.39, 0.29) is 17.5 Å². The normalized spacial score (nSPS) is 15.4. The molecule has 1 N–H and O–H groups in total. The summed E-state index contributed by atoms with van der Waals surface area (Å²) in [6.45, 7) is 3.85. The number of H-pyrrole nitrogens is 1. The molecule has 3 heterocycles. The van der Waals surface area contributed by atoms with E-state index in [0.29, 0.717) is 24.1 Å². The first-order valence-electron chi connectivity index (χ1n) is 12.4. The van der Waals surface area contributed by atoms with Gasteiger partial charge in [0.25, 0.3) is 5.56 Å². The van der Waals surface area contributed by atoms with Gasteiger partial charge in [-0.1, -0.05) is 61.0 Å². The number of rotatable bonds is 4. The Balaban J connectivity index is 1.59. The van der Waals surface area contributed by atoms with Gasteiger partial charge in [-0.05, 0) is 30.7 Å². The van der Waals surface area contributed by atoms with Crippen molar-refractivity contribution in [1.29, 1.82) is 0 Å². The lowest BCUT2D eigenvalue weighted by molar-refractivity contribution is -0.132. The van der Waals surface area contributed by atoms with Crippen LogP contribution in [0.2, 0.25) is 0 Å². The van der Waals surface area contributed by atoms with Gasteiger partial charge < -0.3 is 4.98 Å². The molecule has 0 saturated carbocycles. The third kappa shape index (κ3) is 3.89. The lowest BCUT2D eigenvalue weighted by atomic mass is 9.90. The molecular weight excluding hydrogens is 462 g/mol. The molecule has 6 rings (SSSR count). The summed E-state index contributed by atoms with van der Waals surface area (Å²) in [5, 5.41) is 7.26. The van der Waals surface area contributed by atoms with E-state index in [0.717, 1.165) is 44.2 Å². The van der Waals surface area contributed by atoms with Crippen LogP contribution in [0, 0.1) is 6.92 Å². The number of carbonyl (C=O) groups excluding carboxylic acids is 1. The summed E-state index contributed by atoms with van der Waals surface area (Å²) >= 11 is 0. The number of para-hydroxylation sites is 1. The number of nitrogens with zero attached hydrogens (tertiary/aromatic N) is 4. The van der Waals surface area contributed by atoms with E-state index in [4.69, 9.17) is 5.10 Å². The molecule has 182 valence electrons. The molecule has 37 heavy (non-hydrogen) atoms. The Morgan fingerprint density at radius 1 is 1.00 bits per heavy atom. The van der Waals surface area contributed by atoms with Gasteiger partial charge in [-0.3, -0.25) is 19.6 Å². The second-order valence-electron chi connectivity index (χ2n) is 9.25. The quantitative estimate of drug-likeness (QED) is 0.361. The first-order valence-corrected chi connectivity index (χ1v) is 12.4.